The number of benzene rings is 3. The number of hydrogen-bond acceptors (Lipinski definition) is 3. The van der Waals surface area contributed by atoms with Gasteiger partial charge >= 0.3 is 6.03 Å². The Morgan fingerprint density at radius 1 is 0.939 bits per heavy atom. The lowest BCUT2D eigenvalue weighted by molar-refractivity contribution is 0.252. The van der Waals surface area contributed by atoms with Crippen molar-refractivity contribution in [2.24, 2.45) is 5.73 Å². The number of nitrogens with two attached hydrogens (primary N) is 1. The quantitative estimate of drug-likeness (QED) is 0.259. The molecule has 0 aliphatic heterocycles. The molecule has 0 fully saturated rings. The molecule has 0 bridgehead atoms. The van der Waals surface area contributed by atoms with Gasteiger partial charge in [0.15, 0.2) is 0 Å². The highest BCUT2D eigenvalue weighted by molar-refractivity contribution is 9.10. The fraction of sp³-hybridized carbons (Fsp3) is 0.0833. The van der Waals surface area contributed by atoms with Gasteiger partial charge in [-0.25, -0.2) is 13.6 Å². The predicted octanol–water partition coefficient (Wildman–Crippen LogP) is 6.51. The van der Waals surface area contributed by atoms with Crippen LogP contribution in [-0.4, -0.2) is 11.0 Å². The summed E-state index contributed by atoms with van der Waals surface area (Å²) in [5.41, 5.74) is 7.76. The van der Waals surface area contributed by atoms with Crippen molar-refractivity contribution in [1.29, 1.82) is 0 Å². The van der Waals surface area contributed by atoms with Crippen LogP contribution in [-0.2, 0) is 13.1 Å². The number of pyridine rings is 1. The summed E-state index contributed by atoms with van der Waals surface area (Å²) in [6.45, 7) is 0.746. The maximum atomic E-state index is 13.2. The smallest absolute Gasteiger partial charge is 0.319 e. The van der Waals surface area contributed by atoms with E-state index in [0.29, 0.717) is 27.7 Å². The number of fused-ring (bicyclic) bond motifs is 1. The molecular formula is C24H20Br2F2N4O. The van der Waals surface area contributed by atoms with Gasteiger partial charge in [-0.05, 0) is 79.4 Å². The molecule has 0 aliphatic rings. The van der Waals surface area contributed by atoms with Crippen LogP contribution in [0.2, 0.25) is 0 Å². The van der Waals surface area contributed by atoms with E-state index in [9.17, 15) is 13.6 Å². The Morgan fingerprint density at radius 3 is 2.27 bits per heavy atom. The van der Waals surface area contributed by atoms with Gasteiger partial charge in [-0.15, -0.1) is 0 Å². The lowest BCUT2D eigenvalue weighted by Crippen LogP contribution is -2.28. The van der Waals surface area contributed by atoms with Crippen LogP contribution in [0, 0.1) is 11.6 Å². The van der Waals surface area contributed by atoms with Gasteiger partial charge < -0.3 is 16.4 Å². The monoisotopic (exact) mass is 576 g/mol. The first kappa shape index (κ1) is 24.8. The largest absolute Gasteiger partial charge is 0.334 e. The van der Waals surface area contributed by atoms with Gasteiger partial charge in [0.2, 0.25) is 0 Å². The minimum absolute atomic E-state index is 0.253. The number of carbonyl (C=O) groups excluding carboxylic acids is 1. The SMILES string of the molecule is NCc1ccc(F)c(Br)c1.O=C(NCc1ccc(F)c(Br)c1)Nc1cccc2cnccc12. The third-order valence-corrected chi connectivity index (χ3v) is 5.80. The summed E-state index contributed by atoms with van der Waals surface area (Å²) in [7, 11) is 0. The molecule has 5 nitrogen and oxygen atoms in total. The Morgan fingerprint density at radius 2 is 1.61 bits per heavy atom. The normalized spacial score (nSPS) is 10.3. The number of carbonyl (C=O) groups is 1. The predicted molar refractivity (Wildman–Crippen MR) is 134 cm³/mol. The summed E-state index contributed by atoms with van der Waals surface area (Å²) in [6, 6.07) is 16.5. The van der Waals surface area contributed by atoms with Gasteiger partial charge in [0.1, 0.15) is 11.6 Å². The van der Waals surface area contributed by atoms with Crippen LogP contribution in [0.25, 0.3) is 10.8 Å². The number of rotatable bonds is 4. The molecule has 3 aromatic carbocycles. The van der Waals surface area contributed by atoms with Crippen molar-refractivity contribution in [1.82, 2.24) is 10.3 Å². The molecule has 9 heteroatoms. The van der Waals surface area contributed by atoms with Crippen LogP contribution in [0.3, 0.4) is 0 Å². The van der Waals surface area contributed by atoms with Crippen molar-refractivity contribution >= 4 is 54.4 Å². The van der Waals surface area contributed by atoms with Gasteiger partial charge in [-0.2, -0.15) is 0 Å². The molecular weight excluding hydrogens is 558 g/mol. The van der Waals surface area contributed by atoms with Crippen molar-refractivity contribution in [3.8, 4) is 0 Å². The second-order valence-corrected chi connectivity index (χ2v) is 8.62. The van der Waals surface area contributed by atoms with Gasteiger partial charge in [0.25, 0.3) is 0 Å². The van der Waals surface area contributed by atoms with Crippen molar-refractivity contribution < 1.29 is 13.6 Å². The zero-order valence-electron chi connectivity index (χ0n) is 17.3. The maximum Gasteiger partial charge on any atom is 0.319 e. The minimum Gasteiger partial charge on any atom is -0.334 e. The van der Waals surface area contributed by atoms with Crippen LogP contribution in [0.5, 0.6) is 0 Å². The fourth-order valence-electron chi connectivity index (χ4n) is 2.90. The molecule has 33 heavy (non-hydrogen) atoms. The van der Waals surface area contributed by atoms with E-state index < -0.39 is 0 Å². The summed E-state index contributed by atoms with van der Waals surface area (Å²) < 4.78 is 26.6. The summed E-state index contributed by atoms with van der Waals surface area (Å²) >= 11 is 6.18. The highest BCUT2D eigenvalue weighted by atomic mass is 79.9. The summed E-state index contributed by atoms with van der Waals surface area (Å²) in [5, 5.41) is 7.44. The van der Waals surface area contributed by atoms with E-state index in [0.717, 1.165) is 21.9 Å². The number of anilines is 1. The Kier molecular flexibility index (Phi) is 8.87. The fourth-order valence-corrected chi connectivity index (χ4v) is 3.75. The van der Waals surface area contributed by atoms with E-state index in [2.05, 4.69) is 47.5 Å². The van der Waals surface area contributed by atoms with E-state index in [1.807, 2.05) is 24.3 Å². The van der Waals surface area contributed by atoms with E-state index in [4.69, 9.17) is 5.73 Å². The maximum absolute atomic E-state index is 13.2. The summed E-state index contributed by atoms with van der Waals surface area (Å²) in [4.78, 5) is 16.1. The Balaban J connectivity index is 0.000000257. The molecule has 4 rings (SSSR count). The molecule has 1 heterocycles. The van der Waals surface area contributed by atoms with Gasteiger partial charge in [0.05, 0.1) is 14.6 Å². The third kappa shape index (κ3) is 7.05. The van der Waals surface area contributed by atoms with E-state index >= 15 is 0 Å². The number of hydrogen-bond donors (Lipinski definition) is 3. The van der Waals surface area contributed by atoms with Crippen molar-refractivity contribution in [2.45, 2.75) is 13.1 Å². The van der Waals surface area contributed by atoms with Crippen LogP contribution < -0.4 is 16.4 Å². The molecule has 0 aliphatic carbocycles. The average molecular weight is 578 g/mol. The zero-order valence-corrected chi connectivity index (χ0v) is 20.5. The van der Waals surface area contributed by atoms with Crippen LogP contribution in [0.15, 0.2) is 82.0 Å². The van der Waals surface area contributed by atoms with Crippen LogP contribution in [0.4, 0.5) is 19.3 Å². The molecule has 0 saturated carbocycles. The first-order valence-corrected chi connectivity index (χ1v) is 11.4. The highest BCUT2D eigenvalue weighted by Gasteiger charge is 2.06. The molecule has 0 spiro atoms. The van der Waals surface area contributed by atoms with Crippen LogP contribution in [0.1, 0.15) is 11.1 Å². The molecule has 2 amide bonds. The Bertz CT molecular complexity index is 1270. The zero-order chi connectivity index (χ0) is 23.8. The molecule has 0 unspecified atom stereocenters. The molecule has 4 aromatic rings. The number of urea groups is 1. The average Bonchev–Trinajstić information content (AvgIpc) is 2.82. The molecule has 0 radical (unpaired) electrons. The van der Waals surface area contributed by atoms with Gasteiger partial charge in [0, 0.05) is 36.3 Å². The Hall–Kier alpha value is -2.88. The number of nitrogens with one attached hydrogen (secondary N) is 2. The first-order valence-electron chi connectivity index (χ1n) is 9.83. The van der Waals surface area contributed by atoms with E-state index in [1.165, 1.54) is 12.1 Å². The summed E-state index contributed by atoms with van der Waals surface area (Å²) in [5.74, 6) is -0.584. The third-order valence-electron chi connectivity index (χ3n) is 4.59. The molecule has 0 saturated heterocycles. The van der Waals surface area contributed by atoms with Crippen molar-refractivity contribution in [3.63, 3.8) is 0 Å². The first-order chi connectivity index (χ1) is 15.9. The molecule has 0 atom stereocenters. The number of amides is 2. The van der Waals surface area contributed by atoms with Crippen molar-refractivity contribution in [3.05, 3.63) is 105 Å². The second kappa shape index (κ2) is 11.8. The number of nitrogens with zero attached hydrogens (tertiary/aromatic N) is 1. The van der Waals surface area contributed by atoms with Crippen molar-refractivity contribution in [2.75, 3.05) is 5.32 Å². The van der Waals surface area contributed by atoms with Crippen LogP contribution >= 0.6 is 31.9 Å². The Labute approximate surface area is 206 Å². The molecule has 1 aromatic heterocycles. The highest BCUT2D eigenvalue weighted by Crippen LogP contribution is 2.22. The number of aromatic nitrogens is 1. The lowest BCUT2D eigenvalue weighted by Gasteiger charge is -2.10. The number of halogens is 4. The minimum atomic E-state index is -0.331. The second-order valence-electron chi connectivity index (χ2n) is 6.91. The van der Waals surface area contributed by atoms with Gasteiger partial charge in [-0.1, -0.05) is 24.3 Å². The summed E-state index contributed by atoms with van der Waals surface area (Å²) in [6.07, 6.45) is 3.43. The van der Waals surface area contributed by atoms with E-state index in [-0.39, 0.29) is 17.7 Å². The lowest BCUT2D eigenvalue weighted by atomic mass is 10.1. The van der Waals surface area contributed by atoms with E-state index in [1.54, 1.807) is 36.7 Å². The topological polar surface area (TPSA) is 80.0 Å². The molecule has 170 valence electrons. The molecule has 4 N–H and O–H groups in total. The standard InChI is InChI=1S/C17H13BrFN3O.C7H7BrFN/c18-14-8-11(4-5-15(14)19)9-21-17(23)22-16-3-1-2-12-10-20-7-6-13(12)16;8-6-3-5(4-10)1-2-7(6)9/h1-8,10H,9H2,(H2,21,22,23);1-3H,4,10H2. The van der Waals surface area contributed by atoms with Gasteiger partial charge in [-0.3, -0.25) is 4.98 Å².